The van der Waals surface area contributed by atoms with E-state index in [0.717, 1.165) is 0 Å². The molecule has 0 spiro atoms. The Labute approximate surface area is 152 Å². The molecule has 0 aliphatic rings. The standard InChI is InChI=1S/C15H16N6O4S/c1-4-24-13(22)7-9(16)8-11(19-10(7)14(23)25-5-2)21-15(17-6-18-21)20-12(8)26-3/h6H,4-5H2,1-3H3,(H2,16,19). The summed E-state index contributed by atoms with van der Waals surface area (Å²) >= 11 is 1.31. The maximum absolute atomic E-state index is 12.4. The second-order valence-corrected chi connectivity index (χ2v) is 5.78. The Morgan fingerprint density at radius 1 is 1.19 bits per heavy atom. The number of ether oxygens (including phenoxy) is 2. The minimum absolute atomic E-state index is 0.0331. The zero-order valence-corrected chi connectivity index (χ0v) is 15.2. The number of aromatic nitrogens is 5. The van der Waals surface area contributed by atoms with Crippen molar-refractivity contribution < 1.29 is 19.1 Å². The number of hydrogen-bond acceptors (Lipinski definition) is 10. The molecule has 0 fully saturated rings. The Balaban J connectivity index is 2.44. The lowest BCUT2D eigenvalue weighted by Gasteiger charge is -2.14. The van der Waals surface area contributed by atoms with Crippen LogP contribution < -0.4 is 5.73 Å². The van der Waals surface area contributed by atoms with Gasteiger partial charge in [0.15, 0.2) is 11.3 Å². The van der Waals surface area contributed by atoms with E-state index in [1.54, 1.807) is 20.1 Å². The van der Waals surface area contributed by atoms with Crippen molar-refractivity contribution in [2.24, 2.45) is 0 Å². The molecule has 11 heteroatoms. The first kappa shape index (κ1) is 17.9. The molecule has 3 aromatic rings. The predicted molar refractivity (Wildman–Crippen MR) is 94.2 cm³/mol. The molecule has 0 amide bonds. The number of thioether (sulfide) groups is 1. The summed E-state index contributed by atoms with van der Waals surface area (Å²) in [5.41, 5.74) is 6.17. The maximum Gasteiger partial charge on any atom is 0.357 e. The Hall–Kier alpha value is -2.95. The fourth-order valence-corrected chi connectivity index (χ4v) is 3.05. The van der Waals surface area contributed by atoms with Crippen LogP contribution in [0.3, 0.4) is 0 Å². The number of carbonyl (C=O) groups is 2. The van der Waals surface area contributed by atoms with Crippen molar-refractivity contribution >= 4 is 46.2 Å². The Morgan fingerprint density at radius 2 is 1.88 bits per heavy atom. The molecule has 0 aliphatic carbocycles. The van der Waals surface area contributed by atoms with Gasteiger partial charge in [-0.2, -0.15) is 14.6 Å². The zero-order valence-electron chi connectivity index (χ0n) is 14.3. The monoisotopic (exact) mass is 376 g/mol. The quantitative estimate of drug-likeness (QED) is 0.394. The van der Waals surface area contributed by atoms with Gasteiger partial charge in [-0.15, -0.1) is 11.8 Å². The molecular weight excluding hydrogens is 360 g/mol. The number of nitrogen functional groups attached to an aromatic ring is 1. The first-order chi connectivity index (χ1) is 12.5. The minimum Gasteiger partial charge on any atom is -0.462 e. The second-order valence-electron chi connectivity index (χ2n) is 4.98. The summed E-state index contributed by atoms with van der Waals surface area (Å²) in [7, 11) is 0. The van der Waals surface area contributed by atoms with E-state index in [1.165, 1.54) is 22.6 Å². The summed E-state index contributed by atoms with van der Waals surface area (Å²) < 4.78 is 11.4. The SMILES string of the molecule is CCOC(=O)c1nc2c(c(SC)nc3ncnn32)c(N)c1C(=O)OCC. The number of anilines is 1. The van der Waals surface area contributed by atoms with Crippen LogP contribution in [0.1, 0.15) is 34.7 Å². The number of nitrogens with two attached hydrogens (primary N) is 1. The Kier molecular flexibility index (Phi) is 4.89. The lowest BCUT2D eigenvalue weighted by Crippen LogP contribution is -2.19. The number of pyridine rings is 1. The fraction of sp³-hybridized carbons (Fsp3) is 0.333. The molecule has 0 atom stereocenters. The van der Waals surface area contributed by atoms with E-state index >= 15 is 0 Å². The third-order valence-electron chi connectivity index (χ3n) is 3.50. The van der Waals surface area contributed by atoms with Crippen molar-refractivity contribution in [3.8, 4) is 0 Å². The molecule has 3 aromatic heterocycles. The first-order valence-corrected chi connectivity index (χ1v) is 8.97. The summed E-state index contributed by atoms with van der Waals surface area (Å²) in [4.78, 5) is 37.6. The number of fused-ring (bicyclic) bond motifs is 3. The van der Waals surface area contributed by atoms with Gasteiger partial charge in [0.25, 0.3) is 5.78 Å². The van der Waals surface area contributed by atoms with Crippen LogP contribution in [-0.4, -0.2) is 56.0 Å². The van der Waals surface area contributed by atoms with Crippen molar-refractivity contribution in [3.05, 3.63) is 17.6 Å². The largest absolute Gasteiger partial charge is 0.462 e. The van der Waals surface area contributed by atoms with E-state index < -0.39 is 11.9 Å². The molecule has 0 saturated heterocycles. The average Bonchev–Trinajstić information content (AvgIpc) is 3.09. The van der Waals surface area contributed by atoms with Gasteiger partial charge in [0.1, 0.15) is 16.9 Å². The highest BCUT2D eigenvalue weighted by Gasteiger charge is 2.29. The number of carbonyl (C=O) groups excluding carboxylic acids is 2. The minimum atomic E-state index is -0.778. The molecule has 26 heavy (non-hydrogen) atoms. The van der Waals surface area contributed by atoms with E-state index in [-0.39, 0.29) is 35.8 Å². The highest BCUT2D eigenvalue weighted by Crippen LogP contribution is 2.33. The molecule has 3 heterocycles. The highest BCUT2D eigenvalue weighted by molar-refractivity contribution is 7.98. The van der Waals surface area contributed by atoms with Crippen LogP contribution in [0.25, 0.3) is 16.8 Å². The van der Waals surface area contributed by atoms with Gasteiger partial charge >= 0.3 is 11.9 Å². The number of nitrogens with zero attached hydrogens (tertiary/aromatic N) is 5. The van der Waals surface area contributed by atoms with E-state index in [9.17, 15) is 9.59 Å². The van der Waals surface area contributed by atoms with E-state index in [4.69, 9.17) is 15.2 Å². The average molecular weight is 376 g/mol. The number of hydrogen-bond donors (Lipinski definition) is 1. The summed E-state index contributed by atoms with van der Waals surface area (Å²) in [5.74, 6) is -1.24. The molecule has 0 saturated carbocycles. The molecule has 2 N–H and O–H groups in total. The second kappa shape index (κ2) is 7.12. The smallest absolute Gasteiger partial charge is 0.357 e. The lowest BCUT2D eigenvalue weighted by atomic mass is 10.1. The first-order valence-electron chi connectivity index (χ1n) is 7.74. The van der Waals surface area contributed by atoms with Gasteiger partial charge in [-0.25, -0.2) is 19.6 Å². The van der Waals surface area contributed by atoms with E-state index in [0.29, 0.717) is 16.2 Å². The molecule has 0 radical (unpaired) electrons. The summed E-state index contributed by atoms with van der Waals surface area (Å²) in [6, 6.07) is 0. The molecule has 3 rings (SSSR count). The number of esters is 2. The van der Waals surface area contributed by atoms with Crippen LogP contribution in [-0.2, 0) is 9.47 Å². The van der Waals surface area contributed by atoms with Gasteiger partial charge in [0.05, 0.1) is 24.3 Å². The van der Waals surface area contributed by atoms with Crippen molar-refractivity contribution in [2.45, 2.75) is 18.9 Å². The molecular formula is C15H16N6O4S. The van der Waals surface area contributed by atoms with Crippen molar-refractivity contribution in [2.75, 3.05) is 25.2 Å². The molecule has 0 aromatic carbocycles. The molecule has 10 nitrogen and oxygen atoms in total. The van der Waals surface area contributed by atoms with Gasteiger partial charge < -0.3 is 15.2 Å². The van der Waals surface area contributed by atoms with Crippen LogP contribution in [0.4, 0.5) is 5.69 Å². The van der Waals surface area contributed by atoms with Gasteiger partial charge in [-0.1, -0.05) is 0 Å². The highest BCUT2D eigenvalue weighted by atomic mass is 32.2. The fourth-order valence-electron chi connectivity index (χ4n) is 2.47. The topological polar surface area (TPSA) is 135 Å². The van der Waals surface area contributed by atoms with Crippen LogP contribution in [0, 0.1) is 0 Å². The van der Waals surface area contributed by atoms with Gasteiger partial charge in [0.2, 0.25) is 0 Å². The molecule has 0 aliphatic heterocycles. The predicted octanol–water partition coefficient (Wildman–Crippen LogP) is 1.33. The van der Waals surface area contributed by atoms with Crippen molar-refractivity contribution in [3.63, 3.8) is 0 Å². The summed E-state index contributed by atoms with van der Waals surface area (Å²) in [6.45, 7) is 3.54. The molecule has 0 unspecified atom stereocenters. The Bertz CT molecular complexity index is 1020. The van der Waals surface area contributed by atoms with E-state index in [2.05, 4.69) is 20.1 Å². The van der Waals surface area contributed by atoms with Gasteiger partial charge in [-0.3, -0.25) is 0 Å². The normalized spacial score (nSPS) is 11.0. The van der Waals surface area contributed by atoms with Crippen LogP contribution in [0.5, 0.6) is 0 Å². The molecule has 0 bridgehead atoms. The van der Waals surface area contributed by atoms with E-state index in [1.807, 2.05) is 0 Å². The summed E-state index contributed by atoms with van der Waals surface area (Å²) in [6.07, 6.45) is 3.12. The van der Waals surface area contributed by atoms with Crippen LogP contribution in [0.2, 0.25) is 0 Å². The third-order valence-corrected chi connectivity index (χ3v) is 4.19. The number of rotatable bonds is 5. The van der Waals surface area contributed by atoms with Crippen molar-refractivity contribution in [1.29, 1.82) is 0 Å². The van der Waals surface area contributed by atoms with Crippen LogP contribution in [0.15, 0.2) is 11.4 Å². The van der Waals surface area contributed by atoms with Gasteiger partial charge in [-0.05, 0) is 20.1 Å². The lowest BCUT2D eigenvalue weighted by molar-refractivity contribution is 0.0474. The zero-order chi connectivity index (χ0) is 18.8. The van der Waals surface area contributed by atoms with Crippen molar-refractivity contribution in [1.82, 2.24) is 24.6 Å². The van der Waals surface area contributed by atoms with Crippen LogP contribution >= 0.6 is 11.8 Å². The molecule has 136 valence electrons. The maximum atomic E-state index is 12.4. The van der Waals surface area contributed by atoms with Gasteiger partial charge in [0, 0.05) is 0 Å². The third kappa shape index (κ3) is 2.79. The summed E-state index contributed by atoms with van der Waals surface area (Å²) in [5, 5.41) is 4.97. The Morgan fingerprint density at radius 3 is 2.54 bits per heavy atom.